The van der Waals surface area contributed by atoms with Crippen LogP contribution in [0.4, 0.5) is 5.69 Å². The molecule has 1 N–H and O–H groups in total. The third kappa shape index (κ3) is 5.55. The third-order valence-corrected chi connectivity index (χ3v) is 7.22. The molecular formula is C22H29N3O5S. The van der Waals surface area contributed by atoms with E-state index in [0.717, 1.165) is 5.56 Å². The minimum Gasteiger partial charge on any atom is -0.493 e. The van der Waals surface area contributed by atoms with Crippen LogP contribution in [0.3, 0.4) is 0 Å². The van der Waals surface area contributed by atoms with E-state index in [1.165, 1.54) is 10.4 Å². The highest BCUT2D eigenvalue weighted by molar-refractivity contribution is 7.89. The summed E-state index contributed by atoms with van der Waals surface area (Å²) in [5, 5.41) is 2.80. The predicted molar refractivity (Wildman–Crippen MR) is 119 cm³/mol. The first-order valence-electron chi connectivity index (χ1n) is 10.1. The van der Waals surface area contributed by atoms with Crippen LogP contribution in [-0.4, -0.2) is 71.0 Å². The molecule has 1 aliphatic heterocycles. The van der Waals surface area contributed by atoms with Crippen LogP contribution in [0.5, 0.6) is 11.5 Å². The molecule has 1 heterocycles. The number of aryl methyl sites for hydroxylation is 1. The van der Waals surface area contributed by atoms with Crippen LogP contribution in [0.15, 0.2) is 47.4 Å². The zero-order valence-electron chi connectivity index (χ0n) is 18.1. The van der Waals surface area contributed by atoms with E-state index in [4.69, 9.17) is 9.47 Å². The van der Waals surface area contributed by atoms with Gasteiger partial charge in [-0.15, -0.1) is 0 Å². The molecule has 0 atom stereocenters. The number of anilines is 1. The van der Waals surface area contributed by atoms with Crippen LogP contribution in [-0.2, 0) is 21.2 Å². The molecule has 3 rings (SSSR count). The molecule has 0 aliphatic carbocycles. The lowest BCUT2D eigenvalue weighted by molar-refractivity contribution is -0.116. The van der Waals surface area contributed by atoms with Crippen molar-refractivity contribution in [2.45, 2.75) is 17.7 Å². The Kier molecular flexibility index (Phi) is 7.53. The molecule has 0 aromatic heterocycles. The highest BCUT2D eigenvalue weighted by Gasteiger charge is 2.27. The molecule has 8 nitrogen and oxygen atoms in total. The van der Waals surface area contributed by atoms with Gasteiger partial charge in [-0.1, -0.05) is 18.2 Å². The molecule has 2 aromatic rings. The topological polar surface area (TPSA) is 88.2 Å². The fourth-order valence-corrected chi connectivity index (χ4v) is 5.00. The van der Waals surface area contributed by atoms with Crippen molar-refractivity contribution in [2.24, 2.45) is 0 Å². The summed E-state index contributed by atoms with van der Waals surface area (Å²) in [7, 11) is 1.51. The molecule has 0 bridgehead atoms. The molecule has 0 unspecified atom stereocenters. The van der Waals surface area contributed by atoms with Crippen molar-refractivity contribution >= 4 is 21.6 Å². The van der Waals surface area contributed by atoms with E-state index in [-0.39, 0.29) is 17.2 Å². The van der Waals surface area contributed by atoms with Crippen LogP contribution in [0.25, 0.3) is 0 Å². The first kappa shape index (κ1) is 23.1. The second-order valence-electron chi connectivity index (χ2n) is 7.44. The van der Waals surface area contributed by atoms with Gasteiger partial charge >= 0.3 is 0 Å². The Balaban J connectivity index is 1.65. The van der Waals surface area contributed by atoms with E-state index >= 15 is 0 Å². The molecule has 0 spiro atoms. The van der Waals surface area contributed by atoms with Gasteiger partial charge in [-0.3, -0.25) is 4.79 Å². The molecular weight excluding hydrogens is 418 g/mol. The van der Waals surface area contributed by atoms with Gasteiger partial charge in [-0.2, -0.15) is 4.31 Å². The lowest BCUT2D eigenvalue weighted by atomic mass is 10.1. The lowest BCUT2D eigenvalue weighted by Gasteiger charge is -2.31. The Morgan fingerprint density at radius 3 is 2.42 bits per heavy atom. The lowest BCUT2D eigenvalue weighted by Crippen LogP contribution is -2.47. The standard InChI is InChI=1S/C22H29N3O5S/c1-24-12-14-25(15-13-24)31(27,28)19-8-5-7-18(16-19)23-21(26)11-10-17-6-4-9-20(29-2)22(17)30-3/h4-9,16H,10-15H2,1-3H3,(H,23,26). The Labute approximate surface area is 183 Å². The summed E-state index contributed by atoms with van der Waals surface area (Å²) in [4.78, 5) is 14.8. The van der Waals surface area contributed by atoms with E-state index in [1.54, 1.807) is 38.5 Å². The number of piperazine rings is 1. The summed E-state index contributed by atoms with van der Waals surface area (Å²) in [6, 6.07) is 11.9. The van der Waals surface area contributed by atoms with E-state index in [9.17, 15) is 13.2 Å². The van der Waals surface area contributed by atoms with Gasteiger partial charge < -0.3 is 19.7 Å². The SMILES string of the molecule is COc1cccc(CCC(=O)Nc2cccc(S(=O)(=O)N3CCN(C)CC3)c2)c1OC. The smallest absolute Gasteiger partial charge is 0.243 e. The van der Waals surface area contributed by atoms with Gasteiger partial charge in [0.1, 0.15) is 0 Å². The number of methoxy groups -OCH3 is 2. The van der Waals surface area contributed by atoms with Gasteiger partial charge in [-0.25, -0.2) is 8.42 Å². The maximum Gasteiger partial charge on any atom is 0.243 e. The number of para-hydroxylation sites is 1. The van der Waals surface area contributed by atoms with Crippen molar-refractivity contribution in [3.63, 3.8) is 0 Å². The number of amides is 1. The van der Waals surface area contributed by atoms with Gasteiger partial charge in [0.05, 0.1) is 19.1 Å². The highest BCUT2D eigenvalue weighted by Crippen LogP contribution is 2.31. The van der Waals surface area contributed by atoms with Gasteiger partial charge in [0.15, 0.2) is 11.5 Å². The number of sulfonamides is 1. The van der Waals surface area contributed by atoms with Crippen LogP contribution in [0.2, 0.25) is 0 Å². The minimum atomic E-state index is -3.59. The average molecular weight is 448 g/mol. The van der Waals surface area contributed by atoms with Crippen molar-refractivity contribution in [3.8, 4) is 11.5 Å². The first-order chi connectivity index (χ1) is 14.8. The van der Waals surface area contributed by atoms with Gasteiger partial charge in [0, 0.05) is 38.3 Å². The molecule has 1 saturated heterocycles. The minimum absolute atomic E-state index is 0.185. The van der Waals surface area contributed by atoms with Gasteiger partial charge in [0.2, 0.25) is 15.9 Å². The Hall–Kier alpha value is -2.62. The summed E-state index contributed by atoms with van der Waals surface area (Å²) in [6.07, 6.45) is 0.685. The van der Waals surface area contributed by atoms with E-state index in [0.29, 0.717) is 49.8 Å². The summed E-state index contributed by atoms with van der Waals surface area (Å²) >= 11 is 0. The molecule has 1 fully saturated rings. The Morgan fingerprint density at radius 1 is 1.03 bits per heavy atom. The molecule has 2 aromatic carbocycles. The summed E-state index contributed by atoms with van der Waals surface area (Å²) in [6.45, 7) is 2.31. The number of nitrogens with zero attached hydrogens (tertiary/aromatic N) is 2. The molecule has 1 aliphatic rings. The molecule has 168 valence electrons. The zero-order chi connectivity index (χ0) is 22.4. The molecule has 31 heavy (non-hydrogen) atoms. The molecule has 0 saturated carbocycles. The largest absolute Gasteiger partial charge is 0.493 e. The second kappa shape index (κ2) is 10.1. The van der Waals surface area contributed by atoms with Crippen molar-refractivity contribution in [2.75, 3.05) is 52.8 Å². The van der Waals surface area contributed by atoms with Crippen molar-refractivity contribution < 1.29 is 22.7 Å². The van der Waals surface area contributed by atoms with Crippen LogP contribution < -0.4 is 14.8 Å². The number of hydrogen-bond acceptors (Lipinski definition) is 6. The van der Waals surface area contributed by atoms with Crippen molar-refractivity contribution in [1.82, 2.24) is 9.21 Å². The van der Waals surface area contributed by atoms with E-state index in [1.807, 2.05) is 19.2 Å². The summed E-state index contributed by atoms with van der Waals surface area (Å²) < 4.78 is 38.1. The molecule has 1 amide bonds. The number of ether oxygens (including phenoxy) is 2. The second-order valence-corrected chi connectivity index (χ2v) is 9.37. The van der Waals surface area contributed by atoms with Crippen molar-refractivity contribution in [1.29, 1.82) is 0 Å². The Morgan fingerprint density at radius 2 is 1.74 bits per heavy atom. The number of carbonyl (C=O) groups excluding carboxylic acids is 1. The first-order valence-corrected chi connectivity index (χ1v) is 11.6. The van der Waals surface area contributed by atoms with Crippen LogP contribution >= 0.6 is 0 Å². The maximum absolute atomic E-state index is 12.9. The number of nitrogens with one attached hydrogen (secondary N) is 1. The summed E-state index contributed by atoms with van der Waals surface area (Å²) in [5.41, 5.74) is 1.32. The normalized spacial score (nSPS) is 15.5. The average Bonchev–Trinajstić information content (AvgIpc) is 2.77. The zero-order valence-corrected chi connectivity index (χ0v) is 18.9. The fraction of sp³-hybridized carbons (Fsp3) is 0.409. The maximum atomic E-state index is 12.9. The summed E-state index contributed by atoms with van der Waals surface area (Å²) in [5.74, 6) is 1.01. The number of benzene rings is 2. The predicted octanol–water partition coefficient (Wildman–Crippen LogP) is 2.21. The monoisotopic (exact) mass is 447 g/mol. The fourth-order valence-electron chi connectivity index (χ4n) is 3.53. The van der Waals surface area contributed by atoms with E-state index in [2.05, 4.69) is 10.2 Å². The Bertz CT molecular complexity index is 1020. The number of hydrogen-bond donors (Lipinski definition) is 1. The van der Waals surface area contributed by atoms with Crippen molar-refractivity contribution in [3.05, 3.63) is 48.0 Å². The van der Waals surface area contributed by atoms with Crippen LogP contribution in [0.1, 0.15) is 12.0 Å². The molecule has 9 heteroatoms. The number of rotatable bonds is 8. The van der Waals surface area contributed by atoms with E-state index < -0.39 is 10.0 Å². The van der Waals surface area contributed by atoms with Gasteiger partial charge in [0.25, 0.3) is 0 Å². The van der Waals surface area contributed by atoms with Gasteiger partial charge in [-0.05, 0) is 43.3 Å². The third-order valence-electron chi connectivity index (χ3n) is 5.32. The highest BCUT2D eigenvalue weighted by atomic mass is 32.2. The molecule has 0 radical (unpaired) electrons. The number of carbonyl (C=O) groups is 1. The quantitative estimate of drug-likeness (QED) is 0.668. The number of likely N-dealkylation sites (N-methyl/N-ethyl adjacent to an activating group) is 1. The van der Waals surface area contributed by atoms with Crippen LogP contribution in [0, 0.1) is 0 Å².